The van der Waals surface area contributed by atoms with Crippen LogP contribution in [0.5, 0.6) is 0 Å². The predicted octanol–water partition coefficient (Wildman–Crippen LogP) is 4.68. The highest BCUT2D eigenvalue weighted by Gasteiger charge is 2.35. The van der Waals surface area contributed by atoms with Gasteiger partial charge in [-0.15, -0.1) is 22.7 Å². The number of aromatic nitrogens is 1. The Balaban J connectivity index is 2.32. The van der Waals surface area contributed by atoms with E-state index in [1.54, 1.807) is 0 Å². The molecule has 0 bridgehead atoms. The van der Waals surface area contributed by atoms with Gasteiger partial charge in [0.2, 0.25) is 0 Å². The Morgan fingerprint density at radius 3 is 2.53 bits per heavy atom. The van der Waals surface area contributed by atoms with E-state index in [0.717, 1.165) is 8.66 Å². The fraction of sp³-hybridized carbons (Fsp3) is 0.364. The van der Waals surface area contributed by atoms with Crippen LogP contribution in [0.15, 0.2) is 22.1 Å². The van der Waals surface area contributed by atoms with Gasteiger partial charge >= 0.3 is 6.18 Å². The van der Waals surface area contributed by atoms with E-state index in [9.17, 15) is 13.2 Å². The highest BCUT2D eigenvalue weighted by molar-refractivity contribution is 9.11. The van der Waals surface area contributed by atoms with E-state index >= 15 is 0 Å². The van der Waals surface area contributed by atoms with Crippen LogP contribution in [0.2, 0.25) is 0 Å². The molecule has 19 heavy (non-hydrogen) atoms. The summed E-state index contributed by atoms with van der Waals surface area (Å²) >= 11 is 5.54. The standard InChI is InChI=1S/C11H10BrF3N2S2/c1-2-16-9(6-3-4-8(12)18-6)7-5-17-10(19-7)11(13,14)15/h3-5,9,16H,2H2,1H3. The molecule has 0 fully saturated rings. The van der Waals surface area contributed by atoms with Crippen LogP contribution in [0.4, 0.5) is 13.2 Å². The molecule has 8 heteroatoms. The topological polar surface area (TPSA) is 24.9 Å². The van der Waals surface area contributed by atoms with E-state index in [-0.39, 0.29) is 6.04 Å². The minimum Gasteiger partial charge on any atom is -0.305 e. The molecule has 0 aliphatic carbocycles. The van der Waals surface area contributed by atoms with Gasteiger partial charge in [0.15, 0.2) is 5.01 Å². The summed E-state index contributed by atoms with van der Waals surface area (Å²) in [7, 11) is 0. The average Bonchev–Trinajstić information content (AvgIpc) is 2.93. The summed E-state index contributed by atoms with van der Waals surface area (Å²) in [5.41, 5.74) is 0. The molecule has 0 saturated heterocycles. The first-order valence-electron chi connectivity index (χ1n) is 5.43. The zero-order valence-electron chi connectivity index (χ0n) is 9.79. The van der Waals surface area contributed by atoms with Gasteiger partial charge < -0.3 is 5.32 Å². The number of hydrogen-bond acceptors (Lipinski definition) is 4. The summed E-state index contributed by atoms with van der Waals surface area (Å²) in [5.74, 6) is 0. The van der Waals surface area contributed by atoms with Gasteiger partial charge in [-0.05, 0) is 34.6 Å². The monoisotopic (exact) mass is 370 g/mol. The Bertz CT molecular complexity index is 550. The molecule has 104 valence electrons. The lowest BCUT2D eigenvalue weighted by molar-refractivity contribution is -0.137. The van der Waals surface area contributed by atoms with Gasteiger partial charge in [0.05, 0.1) is 9.83 Å². The number of hydrogen-bond donors (Lipinski definition) is 1. The molecule has 2 aromatic rings. The Hall–Kier alpha value is -0.440. The van der Waals surface area contributed by atoms with E-state index in [0.29, 0.717) is 22.8 Å². The van der Waals surface area contributed by atoms with Crippen molar-refractivity contribution in [3.63, 3.8) is 0 Å². The van der Waals surface area contributed by atoms with Gasteiger partial charge in [-0.25, -0.2) is 4.98 Å². The van der Waals surface area contributed by atoms with Crippen molar-refractivity contribution in [2.45, 2.75) is 19.1 Å². The predicted molar refractivity (Wildman–Crippen MR) is 74.7 cm³/mol. The number of alkyl halides is 3. The van der Waals surface area contributed by atoms with Crippen LogP contribution >= 0.6 is 38.6 Å². The second-order valence-electron chi connectivity index (χ2n) is 3.70. The Labute approximate surface area is 124 Å². The SMILES string of the molecule is CCNC(c1ccc(Br)s1)c1cnc(C(F)(F)F)s1. The molecule has 2 aromatic heterocycles. The largest absolute Gasteiger partial charge is 0.443 e. The number of nitrogens with zero attached hydrogens (tertiary/aromatic N) is 1. The first kappa shape index (κ1) is 15.0. The summed E-state index contributed by atoms with van der Waals surface area (Å²) in [6.45, 7) is 2.58. The smallest absolute Gasteiger partial charge is 0.305 e. The van der Waals surface area contributed by atoms with Crippen molar-refractivity contribution < 1.29 is 13.2 Å². The molecule has 1 N–H and O–H groups in total. The molecule has 0 aromatic carbocycles. The maximum atomic E-state index is 12.6. The third kappa shape index (κ3) is 3.56. The highest BCUT2D eigenvalue weighted by Crippen LogP contribution is 2.38. The molecule has 0 aliphatic heterocycles. The summed E-state index contributed by atoms with van der Waals surface area (Å²) in [6.07, 6.45) is -3.08. The average molecular weight is 371 g/mol. The highest BCUT2D eigenvalue weighted by atomic mass is 79.9. The van der Waals surface area contributed by atoms with Crippen molar-refractivity contribution in [3.8, 4) is 0 Å². The number of nitrogens with one attached hydrogen (secondary N) is 1. The number of halogens is 4. The number of rotatable bonds is 4. The van der Waals surface area contributed by atoms with E-state index in [1.165, 1.54) is 17.5 Å². The van der Waals surface area contributed by atoms with Crippen LogP contribution < -0.4 is 5.32 Å². The van der Waals surface area contributed by atoms with E-state index < -0.39 is 11.2 Å². The Morgan fingerprint density at radius 1 is 1.32 bits per heavy atom. The molecule has 0 amide bonds. The minimum absolute atomic E-state index is 0.241. The van der Waals surface area contributed by atoms with Crippen molar-refractivity contribution in [3.05, 3.63) is 36.9 Å². The lowest BCUT2D eigenvalue weighted by Crippen LogP contribution is -2.20. The van der Waals surface area contributed by atoms with Gasteiger partial charge in [-0.2, -0.15) is 13.2 Å². The first-order chi connectivity index (χ1) is 8.91. The van der Waals surface area contributed by atoms with Gasteiger partial charge in [0.25, 0.3) is 0 Å². The fourth-order valence-electron chi connectivity index (χ4n) is 1.58. The lowest BCUT2D eigenvalue weighted by Gasteiger charge is -2.13. The molecule has 2 heterocycles. The number of thiazole rings is 1. The van der Waals surface area contributed by atoms with Gasteiger partial charge in [0.1, 0.15) is 0 Å². The van der Waals surface area contributed by atoms with Gasteiger partial charge in [0, 0.05) is 16.0 Å². The van der Waals surface area contributed by atoms with Crippen molar-refractivity contribution in [2.24, 2.45) is 0 Å². The normalized spacial score (nSPS) is 13.7. The number of thiophene rings is 1. The first-order valence-corrected chi connectivity index (χ1v) is 7.86. The third-order valence-electron chi connectivity index (χ3n) is 2.34. The summed E-state index contributed by atoms with van der Waals surface area (Å²) in [4.78, 5) is 5.01. The minimum atomic E-state index is -4.38. The summed E-state index contributed by atoms with van der Waals surface area (Å²) in [5, 5.41) is 2.38. The maximum absolute atomic E-state index is 12.6. The maximum Gasteiger partial charge on any atom is 0.443 e. The molecule has 0 saturated carbocycles. The molecule has 2 rings (SSSR count). The van der Waals surface area contributed by atoms with Crippen molar-refractivity contribution in [1.29, 1.82) is 0 Å². The summed E-state index contributed by atoms with van der Waals surface area (Å²) < 4.78 is 38.7. The van der Waals surface area contributed by atoms with E-state index in [4.69, 9.17) is 0 Å². The Morgan fingerprint density at radius 2 is 2.05 bits per heavy atom. The third-order valence-corrected chi connectivity index (χ3v) is 5.13. The van der Waals surface area contributed by atoms with Crippen molar-refractivity contribution in [1.82, 2.24) is 10.3 Å². The quantitative estimate of drug-likeness (QED) is 0.844. The molecule has 0 radical (unpaired) electrons. The van der Waals surface area contributed by atoms with E-state index in [1.807, 2.05) is 19.1 Å². The van der Waals surface area contributed by atoms with E-state index in [2.05, 4.69) is 26.2 Å². The molecular formula is C11H10BrF3N2S2. The molecular weight excluding hydrogens is 361 g/mol. The van der Waals surface area contributed by atoms with Crippen molar-refractivity contribution in [2.75, 3.05) is 6.54 Å². The lowest BCUT2D eigenvalue weighted by atomic mass is 10.2. The molecule has 0 aliphatic rings. The molecule has 1 atom stereocenters. The zero-order valence-corrected chi connectivity index (χ0v) is 13.0. The second-order valence-corrected chi connectivity index (χ2v) is 7.25. The van der Waals surface area contributed by atoms with Crippen molar-refractivity contribution >= 4 is 38.6 Å². The van der Waals surface area contributed by atoms with Crippen LogP contribution in [-0.2, 0) is 6.18 Å². The molecule has 1 unspecified atom stereocenters. The van der Waals surface area contributed by atoms with Crippen LogP contribution in [0.25, 0.3) is 0 Å². The van der Waals surface area contributed by atoms with Crippen LogP contribution in [0.1, 0.15) is 27.7 Å². The van der Waals surface area contributed by atoms with Crippen LogP contribution in [-0.4, -0.2) is 11.5 Å². The van der Waals surface area contributed by atoms with Crippen LogP contribution in [0, 0.1) is 0 Å². The van der Waals surface area contributed by atoms with Crippen LogP contribution in [0.3, 0.4) is 0 Å². The van der Waals surface area contributed by atoms with Gasteiger partial charge in [-0.3, -0.25) is 0 Å². The zero-order chi connectivity index (χ0) is 14.0. The molecule has 0 spiro atoms. The Kier molecular flexibility index (Phi) is 4.65. The second kappa shape index (κ2) is 5.90. The summed E-state index contributed by atoms with van der Waals surface area (Å²) in [6, 6.07) is 3.54. The molecule has 2 nitrogen and oxygen atoms in total. The van der Waals surface area contributed by atoms with Gasteiger partial charge in [-0.1, -0.05) is 6.92 Å². The fourth-order valence-corrected chi connectivity index (χ4v) is 4.05.